The minimum atomic E-state index is -0.452. The van der Waals surface area contributed by atoms with E-state index < -0.39 is 5.91 Å². The van der Waals surface area contributed by atoms with Crippen LogP contribution < -0.4 is 10.2 Å². The zero-order valence-electron chi connectivity index (χ0n) is 12.2. The molecule has 1 N–H and O–H groups in total. The molecule has 0 aromatic heterocycles. The van der Waals surface area contributed by atoms with E-state index in [0.717, 1.165) is 11.3 Å². The van der Waals surface area contributed by atoms with Crippen molar-refractivity contribution in [2.45, 2.75) is 6.92 Å². The van der Waals surface area contributed by atoms with E-state index >= 15 is 0 Å². The van der Waals surface area contributed by atoms with Gasteiger partial charge in [0.2, 0.25) is 0 Å². The van der Waals surface area contributed by atoms with E-state index in [9.17, 15) is 9.59 Å². The average Bonchev–Trinajstić information content (AvgIpc) is 2.44. The Kier molecular flexibility index (Phi) is 4.37. The molecule has 1 saturated heterocycles. The molecule has 1 aliphatic rings. The lowest BCUT2D eigenvalue weighted by atomic mass is 10.1. The number of anilines is 1. The fourth-order valence-electron chi connectivity index (χ4n) is 2.02. The summed E-state index contributed by atoms with van der Waals surface area (Å²) in [5.41, 5.74) is 1.94. The highest BCUT2D eigenvalue weighted by Crippen LogP contribution is 2.17. The lowest BCUT2D eigenvalue weighted by Gasteiger charge is -2.27. The van der Waals surface area contributed by atoms with Gasteiger partial charge in [-0.1, -0.05) is 12.1 Å². The topological polar surface area (TPSA) is 52.7 Å². The molecule has 0 bridgehead atoms. The predicted molar refractivity (Wildman–Crippen MR) is 86.9 cm³/mol. The summed E-state index contributed by atoms with van der Waals surface area (Å²) in [7, 11) is 3.90. The number of amides is 2. The molecule has 1 aromatic carbocycles. The Bertz CT molecular complexity index is 620. The van der Waals surface area contributed by atoms with Crippen LogP contribution >= 0.6 is 12.2 Å². The first-order valence-electron chi connectivity index (χ1n) is 6.60. The minimum absolute atomic E-state index is 0.100. The summed E-state index contributed by atoms with van der Waals surface area (Å²) in [4.78, 5) is 27.5. The third-order valence-corrected chi connectivity index (χ3v) is 3.54. The normalized spacial score (nSPS) is 17.2. The highest BCUT2D eigenvalue weighted by Gasteiger charge is 2.32. The summed E-state index contributed by atoms with van der Waals surface area (Å²) < 4.78 is 0. The Morgan fingerprint density at radius 3 is 2.38 bits per heavy atom. The van der Waals surface area contributed by atoms with E-state index in [1.165, 1.54) is 4.90 Å². The van der Waals surface area contributed by atoms with Crippen molar-refractivity contribution in [3.63, 3.8) is 0 Å². The van der Waals surface area contributed by atoms with Crippen LogP contribution in [0.4, 0.5) is 5.69 Å². The number of nitrogens with one attached hydrogen (secondary N) is 1. The zero-order valence-corrected chi connectivity index (χ0v) is 13.0. The second-order valence-electron chi connectivity index (χ2n) is 4.85. The Balaban J connectivity index is 2.32. The molecule has 0 saturated carbocycles. The van der Waals surface area contributed by atoms with Gasteiger partial charge in [0.15, 0.2) is 5.11 Å². The lowest BCUT2D eigenvalue weighted by Crippen LogP contribution is -2.53. The Labute approximate surface area is 129 Å². The molecule has 0 atom stereocenters. The van der Waals surface area contributed by atoms with Gasteiger partial charge in [0.1, 0.15) is 5.57 Å². The number of carbonyl (C=O) groups is 2. The molecule has 0 spiro atoms. The first-order valence-corrected chi connectivity index (χ1v) is 7.01. The van der Waals surface area contributed by atoms with Gasteiger partial charge < -0.3 is 4.90 Å². The molecule has 1 aromatic rings. The monoisotopic (exact) mass is 303 g/mol. The number of benzene rings is 1. The van der Waals surface area contributed by atoms with Gasteiger partial charge in [0.05, 0.1) is 0 Å². The molecule has 1 aliphatic heterocycles. The van der Waals surface area contributed by atoms with Crippen LogP contribution in [0.15, 0.2) is 29.8 Å². The van der Waals surface area contributed by atoms with Crippen molar-refractivity contribution in [3.8, 4) is 0 Å². The standard InChI is InChI=1S/C15H17N3O2S/c1-4-18-14(20)12(13(19)16-15(18)21)9-10-5-7-11(8-6-10)17(2)3/h5-9H,4H2,1-3H3,(H,16,19,21)/b12-9+. The molecule has 0 unspecified atom stereocenters. The van der Waals surface area contributed by atoms with Crippen molar-refractivity contribution < 1.29 is 9.59 Å². The van der Waals surface area contributed by atoms with Gasteiger partial charge in [-0.25, -0.2) is 0 Å². The second-order valence-corrected chi connectivity index (χ2v) is 5.24. The highest BCUT2D eigenvalue weighted by molar-refractivity contribution is 7.80. The summed E-state index contributed by atoms with van der Waals surface area (Å²) in [6, 6.07) is 7.60. The molecule has 1 fully saturated rings. The molecule has 2 rings (SSSR count). The highest BCUT2D eigenvalue weighted by atomic mass is 32.1. The van der Waals surface area contributed by atoms with Crippen molar-refractivity contribution in [1.82, 2.24) is 10.2 Å². The van der Waals surface area contributed by atoms with Gasteiger partial charge in [-0.05, 0) is 42.9 Å². The maximum atomic E-state index is 12.3. The van der Waals surface area contributed by atoms with Gasteiger partial charge in [-0.15, -0.1) is 0 Å². The third kappa shape index (κ3) is 3.11. The number of hydrogen-bond acceptors (Lipinski definition) is 4. The number of thiocarbonyl (C=S) groups is 1. The molecular formula is C15H17N3O2S. The van der Waals surface area contributed by atoms with Crippen molar-refractivity contribution in [1.29, 1.82) is 0 Å². The van der Waals surface area contributed by atoms with Gasteiger partial charge >= 0.3 is 0 Å². The number of rotatable bonds is 3. The van der Waals surface area contributed by atoms with Gasteiger partial charge in [0.25, 0.3) is 11.8 Å². The predicted octanol–water partition coefficient (Wildman–Crippen LogP) is 1.40. The SMILES string of the molecule is CCN1C(=O)/C(=C/c2ccc(N(C)C)cc2)C(=O)NC1=S. The first kappa shape index (κ1) is 15.2. The van der Waals surface area contributed by atoms with Crippen molar-refractivity contribution >= 4 is 40.9 Å². The summed E-state index contributed by atoms with van der Waals surface area (Å²) in [6.45, 7) is 2.24. The van der Waals surface area contributed by atoms with Crippen LogP contribution in [0.2, 0.25) is 0 Å². The lowest BCUT2D eigenvalue weighted by molar-refractivity contribution is -0.128. The summed E-state index contributed by atoms with van der Waals surface area (Å²) in [5, 5.41) is 2.69. The van der Waals surface area contributed by atoms with E-state index in [0.29, 0.717) is 6.54 Å². The van der Waals surface area contributed by atoms with Gasteiger partial charge in [-0.3, -0.25) is 19.8 Å². The largest absolute Gasteiger partial charge is 0.378 e. The smallest absolute Gasteiger partial charge is 0.265 e. The fraction of sp³-hybridized carbons (Fsp3) is 0.267. The average molecular weight is 303 g/mol. The molecule has 0 radical (unpaired) electrons. The van der Waals surface area contributed by atoms with Gasteiger partial charge in [-0.2, -0.15) is 0 Å². The molecule has 21 heavy (non-hydrogen) atoms. The van der Waals surface area contributed by atoms with Crippen LogP contribution in [0.3, 0.4) is 0 Å². The summed E-state index contributed by atoms with van der Waals surface area (Å²) in [6.07, 6.45) is 1.58. The number of likely N-dealkylation sites (N-methyl/N-ethyl adjacent to an activating group) is 1. The number of nitrogens with zero attached hydrogens (tertiary/aromatic N) is 2. The van der Waals surface area contributed by atoms with E-state index in [1.807, 2.05) is 50.2 Å². The molecule has 110 valence electrons. The minimum Gasteiger partial charge on any atom is -0.378 e. The number of hydrogen-bond donors (Lipinski definition) is 1. The summed E-state index contributed by atoms with van der Waals surface area (Å²) in [5.74, 6) is -0.811. The van der Waals surface area contributed by atoms with Crippen LogP contribution in [-0.2, 0) is 9.59 Å². The molecule has 5 nitrogen and oxygen atoms in total. The first-order chi connectivity index (χ1) is 9.93. The molecule has 6 heteroatoms. The van der Waals surface area contributed by atoms with E-state index in [-0.39, 0.29) is 16.6 Å². The molecule has 2 amide bonds. The maximum Gasteiger partial charge on any atom is 0.265 e. The van der Waals surface area contributed by atoms with Crippen LogP contribution in [-0.4, -0.2) is 42.5 Å². The Hall–Kier alpha value is -2.21. The zero-order chi connectivity index (χ0) is 15.6. The van der Waals surface area contributed by atoms with Crippen LogP contribution in [0.5, 0.6) is 0 Å². The number of carbonyl (C=O) groups excluding carboxylic acids is 2. The van der Waals surface area contributed by atoms with Crippen LogP contribution in [0.1, 0.15) is 12.5 Å². The van der Waals surface area contributed by atoms with Crippen molar-refractivity contribution in [2.24, 2.45) is 0 Å². The Morgan fingerprint density at radius 2 is 1.86 bits per heavy atom. The van der Waals surface area contributed by atoms with E-state index in [1.54, 1.807) is 6.08 Å². The van der Waals surface area contributed by atoms with E-state index in [2.05, 4.69) is 5.32 Å². The second kappa shape index (κ2) is 6.05. The van der Waals surface area contributed by atoms with Crippen LogP contribution in [0, 0.1) is 0 Å². The van der Waals surface area contributed by atoms with E-state index in [4.69, 9.17) is 12.2 Å². The fourth-order valence-corrected chi connectivity index (χ4v) is 2.32. The van der Waals surface area contributed by atoms with Crippen molar-refractivity contribution in [2.75, 3.05) is 25.5 Å². The van der Waals surface area contributed by atoms with Crippen LogP contribution in [0.25, 0.3) is 6.08 Å². The third-order valence-electron chi connectivity index (χ3n) is 3.22. The molecule has 1 heterocycles. The summed E-state index contributed by atoms with van der Waals surface area (Å²) >= 11 is 4.98. The Morgan fingerprint density at radius 1 is 1.24 bits per heavy atom. The van der Waals surface area contributed by atoms with Crippen molar-refractivity contribution in [3.05, 3.63) is 35.4 Å². The maximum absolute atomic E-state index is 12.3. The molecular weight excluding hydrogens is 286 g/mol. The molecule has 0 aliphatic carbocycles. The van der Waals surface area contributed by atoms with Gasteiger partial charge in [0, 0.05) is 26.3 Å². The quantitative estimate of drug-likeness (QED) is 0.521.